The molecule has 0 spiro atoms. The lowest BCUT2D eigenvalue weighted by Gasteiger charge is -2.38. The number of aliphatic hydroxyl groups is 1. The minimum atomic E-state index is -1.03. The molecule has 0 bridgehead atoms. The van der Waals surface area contributed by atoms with E-state index in [1.807, 2.05) is 30.3 Å². The first-order valence-electron chi connectivity index (χ1n) is 7.43. The molecule has 1 aliphatic heterocycles. The second-order valence-corrected chi connectivity index (χ2v) is 5.42. The van der Waals surface area contributed by atoms with Crippen LogP contribution in [0, 0.1) is 0 Å². The predicted octanol–water partition coefficient (Wildman–Crippen LogP) is 1.34. The summed E-state index contributed by atoms with van der Waals surface area (Å²) >= 11 is 0. The van der Waals surface area contributed by atoms with Crippen molar-refractivity contribution in [2.75, 3.05) is 0 Å². The number of aliphatic hydroxyl groups excluding tert-OH is 1. The van der Waals surface area contributed by atoms with E-state index in [2.05, 4.69) is 5.32 Å². The molecule has 1 amide bonds. The van der Waals surface area contributed by atoms with Crippen molar-refractivity contribution in [3.63, 3.8) is 0 Å². The van der Waals surface area contributed by atoms with Gasteiger partial charge in [-0.3, -0.25) is 4.79 Å². The number of ether oxygens (including phenoxy) is 3. The summed E-state index contributed by atoms with van der Waals surface area (Å²) < 4.78 is 15.6. The highest BCUT2D eigenvalue weighted by atomic mass is 16.6. The number of amides is 1. The van der Waals surface area contributed by atoms with Crippen LogP contribution in [-0.4, -0.2) is 41.7 Å². The summed E-state index contributed by atoms with van der Waals surface area (Å²) in [6, 6.07) is 8.68. The zero-order chi connectivity index (χ0) is 16.8. The van der Waals surface area contributed by atoms with Gasteiger partial charge >= 0.3 is 12.1 Å². The van der Waals surface area contributed by atoms with Crippen LogP contribution in [0.15, 0.2) is 30.3 Å². The van der Waals surface area contributed by atoms with E-state index in [1.54, 1.807) is 6.92 Å². The molecular formula is C16H21NO6. The van der Waals surface area contributed by atoms with E-state index in [4.69, 9.17) is 14.2 Å². The van der Waals surface area contributed by atoms with E-state index in [-0.39, 0.29) is 13.0 Å². The molecule has 0 saturated carbocycles. The average molecular weight is 323 g/mol. The quantitative estimate of drug-likeness (QED) is 0.812. The second kappa shape index (κ2) is 7.94. The standard InChI is InChI=1S/C16H21NO6/c1-10-15(23-11(2)18)13(8-14(19)22-10)17-16(20)21-9-12-6-4-3-5-7-12/h3-7,10,13-15,19H,8-9H2,1-2H3,(H,17,20)/t10-,13+,14+,15-/m0/s1. The van der Waals surface area contributed by atoms with Crippen molar-refractivity contribution >= 4 is 12.1 Å². The number of esters is 1. The molecular weight excluding hydrogens is 302 g/mol. The zero-order valence-electron chi connectivity index (χ0n) is 13.1. The Morgan fingerprint density at radius 2 is 2.04 bits per heavy atom. The highest BCUT2D eigenvalue weighted by Crippen LogP contribution is 2.22. The highest BCUT2D eigenvalue weighted by Gasteiger charge is 2.39. The molecule has 0 aliphatic carbocycles. The van der Waals surface area contributed by atoms with Gasteiger partial charge < -0.3 is 24.6 Å². The van der Waals surface area contributed by atoms with Gasteiger partial charge in [0.05, 0.1) is 12.1 Å². The number of hydrogen-bond donors (Lipinski definition) is 2. The van der Waals surface area contributed by atoms with Crippen molar-refractivity contribution in [2.45, 2.75) is 51.4 Å². The highest BCUT2D eigenvalue weighted by molar-refractivity contribution is 5.68. The Balaban J connectivity index is 1.91. The number of alkyl carbamates (subject to hydrolysis) is 1. The monoisotopic (exact) mass is 323 g/mol. The lowest BCUT2D eigenvalue weighted by atomic mass is 9.99. The Morgan fingerprint density at radius 3 is 2.70 bits per heavy atom. The molecule has 1 saturated heterocycles. The van der Waals surface area contributed by atoms with Crippen molar-refractivity contribution in [3.05, 3.63) is 35.9 Å². The maximum Gasteiger partial charge on any atom is 0.407 e. The van der Waals surface area contributed by atoms with Crippen LogP contribution in [0.4, 0.5) is 4.79 Å². The molecule has 1 heterocycles. The van der Waals surface area contributed by atoms with Crippen LogP contribution < -0.4 is 5.32 Å². The summed E-state index contributed by atoms with van der Waals surface area (Å²) in [7, 11) is 0. The normalized spacial score (nSPS) is 27.1. The fourth-order valence-electron chi connectivity index (χ4n) is 2.49. The van der Waals surface area contributed by atoms with Crippen molar-refractivity contribution in [1.82, 2.24) is 5.32 Å². The molecule has 0 aromatic heterocycles. The third-order valence-electron chi connectivity index (χ3n) is 3.50. The van der Waals surface area contributed by atoms with Gasteiger partial charge in [0.15, 0.2) is 6.29 Å². The molecule has 0 radical (unpaired) electrons. The lowest BCUT2D eigenvalue weighted by Crippen LogP contribution is -2.56. The Labute approximate surface area is 134 Å². The molecule has 1 aromatic rings. The zero-order valence-corrected chi connectivity index (χ0v) is 13.1. The molecule has 126 valence electrons. The summed E-state index contributed by atoms with van der Waals surface area (Å²) in [6.45, 7) is 3.08. The van der Waals surface area contributed by atoms with Crippen molar-refractivity contribution in [1.29, 1.82) is 0 Å². The van der Waals surface area contributed by atoms with Crippen LogP contribution in [0.25, 0.3) is 0 Å². The predicted molar refractivity (Wildman–Crippen MR) is 80.3 cm³/mol. The van der Waals surface area contributed by atoms with Gasteiger partial charge in [0.25, 0.3) is 0 Å². The second-order valence-electron chi connectivity index (χ2n) is 5.42. The molecule has 1 aromatic carbocycles. The van der Waals surface area contributed by atoms with Crippen LogP contribution in [0.3, 0.4) is 0 Å². The molecule has 2 N–H and O–H groups in total. The Morgan fingerprint density at radius 1 is 1.35 bits per heavy atom. The van der Waals surface area contributed by atoms with Gasteiger partial charge in [0, 0.05) is 13.3 Å². The van der Waals surface area contributed by atoms with Gasteiger partial charge in [-0.05, 0) is 12.5 Å². The van der Waals surface area contributed by atoms with Gasteiger partial charge in [0.2, 0.25) is 0 Å². The lowest BCUT2D eigenvalue weighted by molar-refractivity contribution is -0.213. The number of carbonyl (C=O) groups is 2. The fraction of sp³-hybridized carbons (Fsp3) is 0.500. The van der Waals surface area contributed by atoms with Crippen molar-refractivity contribution in [2.24, 2.45) is 0 Å². The van der Waals surface area contributed by atoms with E-state index in [0.29, 0.717) is 0 Å². The smallest absolute Gasteiger partial charge is 0.407 e. The van der Waals surface area contributed by atoms with Crippen LogP contribution >= 0.6 is 0 Å². The number of carbonyl (C=O) groups excluding carboxylic acids is 2. The topological polar surface area (TPSA) is 94.1 Å². The Hall–Kier alpha value is -2.12. The van der Waals surface area contributed by atoms with Gasteiger partial charge in [0.1, 0.15) is 12.7 Å². The maximum atomic E-state index is 11.9. The van der Waals surface area contributed by atoms with Gasteiger partial charge in [-0.1, -0.05) is 30.3 Å². The van der Waals surface area contributed by atoms with Gasteiger partial charge in [-0.15, -0.1) is 0 Å². The first kappa shape index (κ1) is 17.2. The molecule has 2 rings (SSSR count). The molecule has 7 heteroatoms. The van der Waals surface area contributed by atoms with E-state index in [0.717, 1.165) is 5.56 Å². The molecule has 23 heavy (non-hydrogen) atoms. The third kappa shape index (κ3) is 5.22. The molecule has 0 unspecified atom stereocenters. The molecule has 1 aliphatic rings. The summed E-state index contributed by atoms with van der Waals surface area (Å²) in [5.41, 5.74) is 0.861. The fourth-order valence-corrected chi connectivity index (χ4v) is 2.49. The SMILES string of the molecule is CC(=O)O[C@H]1[C@H](C)O[C@@H](O)C[C@H]1NC(=O)OCc1ccccc1. The minimum absolute atomic E-state index is 0.114. The van der Waals surface area contributed by atoms with Crippen LogP contribution in [0.2, 0.25) is 0 Å². The summed E-state index contributed by atoms with van der Waals surface area (Å²) in [5.74, 6) is -0.480. The first-order chi connectivity index (χ1) is 11.0. The van der Waals surface area contributed by atoms with E-state index < -0.39 is 36.6 Å². The van der Waals surface area contributed by atoms with Gasteiger partial charge in [-0.25, -0.2) is 4.79 Å². The number of benzene rings is 1. The van der Waals surface area contributed by atoms with Gasteiger partial charge in [-0.2, -0.15) is 0 Å². The average Bonchev–Trinajstić information content (AvgIpc) is 2.49. The first-order valence-corrected chi connectivity index (χ1v) is 7.43. The molecule has 4 atom stereocenters. The van der Waals surface area contributed by atoms with Crippen LogP contribution in [-0.2, 0) is 25.6 Å². The van der Waals surface area contributed by atoms with E-state index in [1.165, 1.54) is 6.92 Å². The Bertz CT molecular complexity index is 535. The molecule has 1 fully saturated rings. The Kier molecular flexibility index (Phi) is 5.95. The minimum Gasteiger partial charge on any atom is -0.458 e. The largest absolute Gasteiger partial charge is 0.458 e. The summed E-state index contributed by atoms with van der Waals surface area (Å²) in [4.78, 5) is 23.1. The summed E-state index contributed by atoms with van der Waals surface area (Å²) in [6.07, 6.45) is -2.78. The molecule has 7 nitrogen and oxygen atoms in total. The number of rotatable bonds is 4. The van der Waals surface area contributed by atoms with Crippen LogP contribution in [0.1, 0.15) is 25.8 Å². The van der Waals surface area contributed by atoms with Crippen molar-refractivity contribution < 1.29 is 28.9 Å². The number of hydrogen-bond acceptors (Lipinski definition) is 6. The number of nitrogens with one attached hydrogen (secondary N) is 1. The van der Waals surface area contributed by atoms with E-state index >= 15 is 0 Å². The summed E-state index contributed by atoms with van der Waals surface area (Å²) in [5, 5.41) is 12.3. The van der Waals surface area contributed by atoms with Crippen molar-refractivity contribution in [3.8, 4) is 0 Å². The van der Waals surface area contributed by atoms with E-state index in [9.17, 15) is 14.7 Å². The van der Waals surface area contributed by atoms with Crippen LogP contribution in [0.5, 0.6) is 0 Å². The third-order valence-corrected chi connectivity index (χ3v) is 3.50. The maximum absolute atomic E-state index is 11.9.